The Balaban J connectivity index is 1.37. The van der Waals surface area contributed by atoms with Gasteiger partial charge in [0.05, 0.1) is 0 Å². The molecule has 0 aromatic heterocycles. The second-order valence-corrected chi connectivity index (χ2v) is 11.7. The Kier molecular flexibility index (Phi) is 7.00. The molecule has 3 aliphatic rings. The van der Waals surface area contributed by atoms with Gasteiger partial charge < -0.3 is 10.2 Å². The van der Waals surface area contributed by atoms with Crippen molar-refractivity contribution < 1.29 is 9.59 Å². The first kappa shape index (κ1) is 24.1. The first-order valence-electron chi connectivity index (χ1n) is 13.6. The summed E-state index contributed by atoms with van der Waals surface area (Å²) in [5.41, 5.74) is 3.43. The number of amides is 2. The van der Waals surface area contributed by atoms with E-state index in [0.717, 1.165) is 51.5 Å². The fourth-order valence-corrected chi connectivity index (χ4v) is 7.11. The van der Waals surface area contributed by atoms with Crippen molar-refractivity contribution in [1.82, 2.24) is 10.2 Å². The zero-order valence-electron chi connectivity index (χ0n) is 21.3. The van der Waals surface area contributed by atoms with Crippen LogP contribution < -0.4 is 5.32 Å². The third kappa shape index (κ3) is 5.03. The van der Waals surface area contributed by atoms with Gasteiger partial charge in [0, 0.05) is 19.5 Å². The molecule has 4 heteroatoms. The molecule has 35 heavy (non-hydrogen) atoms. The van der Waals surface area contributed by atoms with Crippen molar-refractivity contribution in [3.8, 4) is 0 Å². The molecule has 0 bridgehead atoms. The summed E-state index contributed by atoms with van der Waals surface area (Å²) in [6.45, 7) is 5.80. The maximum Gasteiger partial charge on any atom is 0.246 e. The molecule has 0 unspecified atom stereocenters. The highest BCUT2D eigenvalue weighted by molar-refractivity contribution is 5.92. The first-order chi connectivity index (χ1) is 16.9. The number of nitrogens with one attached hydrogen (secondary N) is 1. The van der Waals surface area contributed by atoms with Gasteiger partial charge in [-0.2, -0.15) is 0 Å². The molecule has 1 saturated heterocycles. The summed E-state index contributed by atoms with van der Waals surface area (Å²) in [5, 5.41) is 3.28. The van der Waals surface area contributed by atoms with Gasteiger partial charge >= 0.3 is 0 Å². The van der Waals surface area contributed by atoms with Gasteiger partial charge in [-0.1, -0.05) is 68.4 Å². The highest BCUT2D eigenvalue weighted by atomic mass is 16.2. The van der Waals surface area contributed by atoms with Crippen LogP contribution in [0.25, 0.3) is 0 Å². The summed E-state index contributed by atoms with van der Waals surface area (Å²) in [4.78, 5) is 29.4. The van der Waals surface area contributed by atoms with Gasteiger partial charge in [-0.3, -0.25) is 9.59 Å². The minimum Gasteiger partial charge on any atom is -0.354 e. The SMILES string of the molecule is CC(C)C[C@H]1CC(=O)N([C@@]2(C(=O)NCCc3ccccc3)CC[C@@H]3Cc4ccccc4C[C@@H]3C2)C1. The van der Waals surface area contributed by atoms with Crippen molar-refractivity contribution in [2.24, 2.45) is 23.7 Å². The number of rotatable bonds is 7. The Morgan fingerprint density at radius 2 is 1.69 bits per heavy atom. The van der Waals surface area contributed by atoms with Gasteiger partial charge in [0.2, 0.25) is 11.8 Å². The monoisotopic (exact) mass is 472 g/mol. The van der Waals surface area contributed by atoms with E-state index in [9.17, 15) is 9.59 Å². The van der Waals surface area contributed by atoms with Crippen LogP contribution in [-0.2, 0) is 28.9 Å². The van der Waals surface area contributed by atoms with Crippen LogP contribution in [0.4, 0.5) is 0 Å². The van der Waals surface area contributed by atoms with E-state index < -0.39 is 5.54 Å². The number of hydrogen-bond donors (Lipinski definition) is 1. The summed E-state index contributed by atoms with van der Waals surface area (Å²) in [6.07, 6.45) is 7.18. The topological polar surface area (TPSA) is 49.4 Å². The van der Waals surface area contributed by atoms with Crippen molar-refractivity contribution in [2.45, 2.75) is 70.8 Å². The van der Waals surface area contributed by atoms with E-state index >= 15 is 0 Å². The smallest absolute Gasteiger partial charge is 0.246 e. The van der Waals surface area contributed by atoms with Crippen LogP contribution in [0.2, 0.25) is 0 Å². The van der Waals surface area contributed by atoms with Crippen LogP contribution in [0.5, 0.6) is 0 Å². The predicted octanol–water partition coefficient (Wildman–Crippen LogP) is 5.19. The maximum absolute atomic E-state index is 14.0. The summed E-state index contributed by atoms with van der Waals surface area (Å²) < 4.78 is 0. The molecule has 2 aromatic carbocycles. The lowest BCUT2D eigenvalue weighted by Crippen LogP contribution is -2.63. The normalized spacial score (nSPS) is 28.0. The summed E-state index contributed by atoms with van der Waals surface area (Å²) in [7, 11) is 0. The molecular formula is C31H40N2O2. The Labute approximate surface area is 210 Å². The molecule has 1 aliphatic heterocycles. The number of carbonyl (C=O) groups excluding carboxylic acids is 2. The molecule has 5 rings (SSSR count). The van der Waals surface area contributed by atoms with Crippen LogP contribution in [0.15, 0.2) is 54.6 Å². The molecule has 186 valence electrons. The quantitative estimate of drug-likeness (QED) is 0.603. The van der Waals surface area contributed by atoms with Gasteiger partial charge in [-0.05, 0) is 85.3 Å². The van der Waals surface area contributed by atoms with E-state index in [-0.39, 0.29) is 11.8 Å². The number of fused-ring (bicyclic) bond motifs is 2. The second-order valence-electron chi connectivity index (χ2n) is 11.7. The summed E-state index contributed by atoms with van der Waals surface area (Å²) in [5.74, 6) is 2.25. The fraction of sp³-hybridized carbons (Fsp3) is 0.548. The van der Waals surface area contributed by atoms with Crippen LogP contribution in [0.3, 0.4) is 0 Å². The summed E-state index contributed by atoms with van der Waals surface area (Å²) >= 11 is 0. The van der Waals surface area contributed by atoms with Crippen molar-refractivity contribution >= 4 is 11.8 Å². The van der Waals surface area contributed by atoms with Gasteiger partial charge in [-0.25, -0.2) is 0 Å². The molecule has 2 fully saturated rings. The van der Waals surface area contributed by atoms with Crippen molar-refractivity contribution in [3.63, 3.8) is 0 Å². The number of likely N-dealkylation sites (tertiary alicyclic amines) is 1. The minimum absolute atomic E-state index is 0.0734. The molecule has 0 spiro atoms. The Morgan fingerprint density at radius 1 is 1.00 bits per heavy atom. The minimum atomic E-state index is -0.701. The van der Waals surface area contributed by atoms with Crippen LogP contribution in [-0.4, -0.2) is 35.3 Å². The Morgan fingerprint density at radius 3 is 2.40 bits per heavy atom. The molecule has 4 atom stereocenters. The standard InChI is InChI=1S/C31H40N2O2/c1-22(2)16-24-17-29(34)33(21-24)31(30(35)32-15-13-23-8-4-3-5-9-23)14-12-27-18-25-10-6-7-11-26(25)19-28(27)20-31/h3-11,22,24,27-28H,12-21H2,1-2H3,(H,32,35)/t24-,27+,28+,31-/m0/s1. The van der Waals surface area contributed by atoms with Gasteiger partial charge in [0.25, 0.3) is 0 Å². The van der Waals surface area contributed by atoms with E-state index in [1.54, 1.807) is 0 Å². The average molecular weight is 473 g/mol. The fourth-order valence-electron chi connectivity index (χ4n) is 7.11. The third-order valence-corrected chi connectivity index (χ3v) is 8.77. The van der Waals surface area contributed by atoms with Gasteiger partial charge in [-0.15, -0.1) is 0 Å². The van der Waals surface area contributed by atoms with Gasteiger partial charge in [0.1, 0.15) is 5.54 Å². The highest BCUT2D eigenvalue weighted by Gasteiger charge is 2.54. The van der Waals surface area contributed by atoms with E-state index in [1.807, 2.05) is 23.1 Å². The number of nitrogens with zero attached hydrogens (tertiary/aromatic N) is 1. The molecule has 2 amide bonds. The van der Waals surface area contributed by atoms with E-state index in [4.69, 9.17) is 0 Å². The molecule has 0 radical (unpaired) electrons. The zero-order chi connectivity index (χ0) is 24.4. The van der Waals surface area contributed by atoms with Crippen LogP contribution in [0, 0.1) is 23.7 Å². The molecule has 1 N–H and O–H groups in total. The van der Waals surface area contributed by atoms with Gasteiger partial charge in [0.15, 0.2) is 0 Å². The van der Waals surface area contributed by atoms with Crippen LogP contribution in [0.1, 0.15) is 62.6 Å². The Hall–Kier alpha value is -2.62. The first-order valence-corrected chi connectivity index (χ1v) is 13.6. The summed E-state index contributed by atoms with van der Waals surface area (Å²) in [6, 6.07) is 19.1. The van der Waals surface area contributed by atoms with E-state index in [1.165, 1.54) is 16.7 Å². The lowest BCUT2D eigenvalue weighted by atomic mass is 9.62. The molecular weight excluding hydrogens is 432 g/mol. The largest absolute Gasteiger partial charge is 0.354 e. The average Bonchev–Trinajstić information content (AvgIpc) is 3.22. The molecule has 1 saturated carbocycles. The van der Waals surface area contributed by atoms with Crippen molar-refractivity contribution in [2.75, 3.05) is 13.1 Å². The third-order valence-electron chi connectivity index (χ3n) is 8.77. The molecule has 4 nitrogen and oxygen atoms in total. The van der Waals surface area contributed by atoms with Crippen molar-refractivity contribution in [1.29, 1.82) is 0 Å². The predicted molar refractivity (Wildman–Crippen MR) is 140 cm³/mol. The van der Waals surface area contributed by atoms with Crippen LogP contribution >= 0.6 is 0 Å². The van der Waals surface area contributed by atoms with E-state index in [0.29, 0.717) is 36.6 Å². The maximum atomic E-state index is 14.0. The Bertz CT molecular complexity index is 1050. The molecule has 2 aromatic rings. The zero-order valence-corrected chi connectivity index (χ0v) is 21.3. The number of carbonyl (C=O) groups is 2. The lowest BCUT2D eigenvalue weighted by molar-refractivity contribution is -0.149. The highest BCUT2D eigenvalue weighted by Crippen LogP contribution is 2.47. The van der Waals surface area contributed by atoms with E-state index in [2.05, 4.69) is 55.6 Å². The molecule has 2 aliphatic carbocycles. The molecule has 1 heterocycles. The number of hydrogen-bond acceptors (Lipinski definition) is 2. The van der Waals surface area contributed by atoms with Crippen molar-refractivity contribution in [3.05, 3.63) is 71.3 Å². The second kappa shape index (κ2) is 10.2. The number of benzene rings is 2. The lowest BCUT2D eigenvalue weighted by Gasteiger charge is -2.50.